The lowest BCUT2D eigenvalue weighted by atomic mass is 9.81. The molecule has 0 radical (unpaired) electrons. The van der Waals surface area contributed by atoms with Crippen LogP contribution in [0.5, 0.6) is 0 Å². The summed E-state index contributed by atoms with van der Waals surface area (Å²) in [6.07, 6.45) is 6.70. The van der Waals surface area contributed by atoms with E-state index < -0.39 is 8.32 Å². The Labute approximate surface area is 168 Å². The molecule has 2 heterocycles. The first-order chi connectivity index (χ1) is 12.7. The molecule has 0 aromatic heterocycles. The Hall–Kier alpha value is -0.233. The van der Waals surface area contributed by atoms with Crippen molar-refractivity contribution in [2.45, 2.75) is 115 Å². The number of rotatable bonds is 10. The summed E-state index contributed by atoms with van der Waals surface area (Å²) in [5.41, 5.74) is 1.90. The van der Waals surface area contributed by atoms with Gasteiger partial charge in [-0.05, 0) is 48.7 Å². The molecule has 27 heavy (non-hydrogen) atoms. The minimum absolute atomic E-state index is 0.0192. The van der Waals surface area contributed by atoms with E-state index in [4.69, 9.17) is 4.43 Å². The molecule has 0 aromatic rings. The van der Waals surface area contributed by atoms with Gasteiger partial charge < -0.3 is 9.53 Å². The van der Waals surface area contributed by atoms with E-state index in [0.717, 1.165) is 45.3 Å². The summed E-state index contributed by atoms with van der Waals surface area (Å²) in [5.74, 6) is 0.409. The summed E-state index contributed by atoms with van der Waals surface area (Å²) in [6.45, 7) is 15.9. The van der Waals surface area contributed by atoms with E-state index in [1.54, 1.807) is 0 Å². The second-order valence-electron chi connectivity index (χ2n) is 9.88. The van der Waals surface area contributed by atoms with Crippen molar-refractivity contribution in [1.29, 1.82) is 0 Å². The fourth-order valence-electron chi connectivity index (χ4n) is 6.28. The molecule has 2 saturated heterocycles. The molecule has 0 amide bonds. The van der Waals surface area contributed by atoms with E-state index in [-0.39, 0.29) is 18.2 Å². The smallest absolute Gasteiger partial charge is 0.200 e. The molecule has 5 heteroatoms. The van der Waals surface area contributed by atoms with Crippen molar-refractivity contribution in [2.75, 3.05) is 19.8 Å². The quantitative estimate of drug-likeness (QED) is 0.420. The zero-order valence-electron chi connectivity index (χ0n) is 18.6. The molecule has 2 rings (SSSR count). The van der Waals surface area contributed by atoms with Crippen LogP contribution in [0.25, 0.3) is 0 Å². The minimum atomic E-state index is -1.77. The number of hydrogen-bond acceptors (Lipinski definition) is 4. The lowest BCUT2D eigenvalue weighted by molar-refractivity contribution is -0.126. The maximum absolute atomic E-state index is 12.1. The molecule has 0 unspecified atom stereocenters. The van der Waals surface area contributed by atoms with Gasteiger partial charge in [-0.25, -0.2) is 0 Å². The Morgan fingerprint density at radius 2 is 1.78 bits per heavy atom. The van der Waals surface area contributed by atoms with Crippen LogP contribution < -0.4 is 0 Å². The average molecular weight is 398 g/mol. The van der Waals surface area contributed by atoms with Crippen LogP contribution in [-0.4, -0.2) is 55.4 Å². The Kier molecular flexibility index (Phi) is 8.12. The normalized spacial score (nSPS) is 27.2. The molecule has 158 valence electrons. The molecule has 0 saturated carbocycles. The zero-order chi connectivity index (χ0) is 20.2. The van der Waals surface area contributed by atoms with Gasteiger partial charge in [0.05, 0.1) is 6.61 Å². The first-order valence-corrected chi connectivity index (χ1v) is 13.4. The van der Waals surface area contributed by atoms with Gasteiger partial charge in [0.1, 0.15) is 5.78 Å². The maximum atomic E-state index is 12.1. The van der Waals surface area contributed by atoms with Gasteiger partial charge in [-0.15, -0.1) is 0 Å². The SMILES string of the molecule is CC(C)[Si](OCCCC[C@@]12CC[C@@H](CO)N1CCC(=O)C2)(C(C)C)C(C)C. The highest BCUT2D eigenvalue weighted by molar-refractivity contribution is 6.77. The van der Waals surface area contributed by atoms with Crippen LogP contribution in [0.15, 0.2) is 0 Å². The van der Waals surface area contributed by atoms with Crippen molar-refractivity contribution in [1.82, 2.24) is 4.90 Å². The number of hydrogen-bond donors (Lipinski definition) is 1. The lowest BCUT2D eigenvalue weighted by Crippen LogP contribution is -2.53. The van der Waals surface area contributed by atoms with Crippen LogP contribution in [0.2, 0.25) is 16.6 Å². The van der Waals surface area contributed by atoms with Gasteiger partial charge in [-0.3, -0.25) is 9.69 Å². The Morgan fingerprint density at radius 1 is 1.15 bits per heavy atom. The summed E-state index contributed by atoms with van der Waals surface area (Å²) in [5, 5.41) is 9.70. The number of piperidine rings is 1. The number of aliphatic hydroxyl groups is 1. The number of nitrogens with zero attached hydrogens (tertiary/aromatic N) is 1. The van der Waals surface area contributed by atoms with Crippen LogP contribution in [0.3, 0.4) is 0 Å². The average Bonchev–Trinajstić information content (AvgIpc) is 2.94. The fourth-order valence-corrected chi connectivity index (χ4v) is 11.8. The van der Waals surface area contributed by atoms with Gasteiger partial charge in [0.2, 0.25) is 0 Å². The topological polar surface area (TPSA) is 49.8 Å². The molecule has 4 nitrogen and oxygen atoms in total. The fraction of sp³-hybridized carbons (Fsp3) is 0.955. The third-order valence-electron chi connectivity index (χ3n) is 7.46. The monoisotopic (exact) mass is 397 g/mol. The van der Waals surface area contributed by atoms with E-state index in [1.807, 2.05) is 0 Å². The van der Waals surface area contributed by atoms with Gasteiger partial charge in [0, 0.05) is 37.6 Å². The third kappa shape index (κ3) is 4.68. The van der Waals surface area contributed by atoms with E-state index in [0.29, 0.717) is 35.2 Å². The van der Waals surface area contributed by atoms with Crippen LogP contribution in [0.4, 0.5) is 0 Å². The summed E-state index contributed by atoms with van der Waals surface area (Å²) in [6, 6.07) is 0.261. The number of carbonyl (C=O) groups is 1. The van der Waals surface area contributed by atoms with Crippen molar-refractivity contribution in [3.63, 3.8) is 0 Å². The number of Topliss-reactive ketones (excluding diaryl/α,β-unsaturated/α-hetero) is 1. The standard InChI is InChI=1S/C22H43NO3Si/c1-17(2)27(18(3)4,19(5)6)26-14-8-7-11-22-12-9-20(16-24)23(22)13-10-21(25)15-22/h17-20,24H,7-16H2,1-6H3/t20-,22-/m0/s1. The summed E-state index contributed by atoms with van der Waals surface area (Å²) in [4.78, 5) is 14.6. The number of ketones is 1. The Bertz CT molecular complexity index is 472. The Balaban J connectivity index is 1.90. The van der Waals surface area contributed by atoms with Crippen LogP contribution in [0.1, 0.15) is 86.5 Å². The summed E-state index contributed by atoms with van der Waals surface area (Å²) >= 11 is 0. The molecule has 0 spiro atoms. The molecular weight excluding hydrogens is 354 g/mol. The van der Waals surface area contributed by atoms with Crippen molar-refractivity contribution in [3.05, 3.63) is 0 Å². The van der Waals surface area contributed by atoms with Gasteiger partial charge in [-0.2, -0.15) is 0 Å². The summed E-state index contributed by atoms with van der Waals surface area (Å²) in [7, 11) is -1.77. The highest BCUT2D eigenvalue weighted by atomic mass is 28.4. The minimum Gasteiger partial charge on any atom is -0.416 e. The second kappa shape index (κ2) is 9.51. The molecular formula is C22H43NO3Si. The highest BCUT2D eigenvalue weighted by Crippen LogP contribution is 2.44. The zero-order valence-corrected chi connectivity index (χ0v) is 19.6. The van der Waals surface area contributed by atoms with Gasteiger partial charge >= 0.3 is 0 Å². The number of aliphatic hydroxyl groups excluding tert-OH is 1. The van der Waals surface area contributed by atoms with Gasteiger partial charge in [0.25, 0.3) is 0 Å². The molecule has 2 aliphatic heterocycles. The van der Waals surface area contributed by atoms with Crippen molar-refractivity contribution in [3.8, 4) is 0 Å². The predicted octanol–water partition coefficient (Wildman–Crippen LogP) is 4.91. The molecule has 0 bridgehead atoms. The van der Waals surface area contributed by atoms with Crippen LogP contribution >= 0.6 is 0 Å². The van der Waals surface area contributed by atoms with Crippen molar-refractivity contribution < 1.29 is 14.3 Å². The maximum Gasteiger partial charge on any atom is 0.200 e. The molecule has 2 aliphatic rings. The lowest BCUT2D eigenvalue weighted by Gasteiger charge is -2.44. The Morgan fingerprint density at radius 3 is 2.33 bits per heavy atom. The van der Waals surface area contributed by atoms with E-state index in [2.05, 4.69) is 46.4 Å². The van der Waals surface area contributed by atoms with Crippen LogP contribution in [-0.2, 0) is 9.22 Å². The molecule has 2 fully saturated rings. The second-order valence-corrected chi connectivity index (χ2v) is 15.3. The number of fused-ring (bicyclic) bond motifs is 1. The highest BCUT2D eigenvalue weighted by Gasteiger charge is 2.49. The molecule has 0 aromatic carbocycles. The largest absolute Gasteiger partial charge is 0.416 e. The number of unbranched alkanes of at least 4 members (excludes halogenated alkanes) is 1. The summed E-state index contributed by atoms with van der Waals surface area (Å²) < 4.78 is 6.69. The van der Waals surface area contributed by atoms with Crippen molar-refractivity contribution in [2.24, 2.45) is 0 Å². The molecule has 2 atom stereocenters. The van der Waals surface area contributed by atoms with E-state index in [1.165, 1.54) is 0 Å². The first kappa shape index (κ1) is 23.0. The first-order valence-electron chi connectivity index (χ1n) is 11.2. The van der Waals surface area contributed by atoms with Gasteiger partial charge in [0.15, 0.2) is 8.32 Å². The van der Waals surface area contributed by atoms with Crippen LogP contribution in [0, 0.1) is 0 Å². The van der Waals surface area contributed by atoms with E-state index >= 15 is 0 Å². The number of carbonyl (C=O) groups excluding carboxylic acids is 1. The third-order valence-corrected chi connectivity index (χ3v) is 13.6. The van der Waals surface area contributed by atoms with Crippen molar-refractivity contribution >= 4 is 14.1 Å². The van der Waals surface area contributed by atoms with E-state index in [9.17, 15) is 9.90 Å². The molecule has 1 N–H and O–H groups in total. The molecule has 0 aliphatic carbocycles. The van der Waals surface area contributed by atoms with Gasteiger partial charge in [-0.1, -0.05) is 41.5 Å². The predicted molar refractivity (Wildman–Crippen MR) is 115 cm³/mol.